The molecule has 0 radical (unpaired) electrons. The van der Waals surface area contributed by atoms with E-state index in [0.29, 0.717) is 11.5 Å². The molecular formula is C18H15FN6. The van der Waals surface area contributed by atoms with E-state index in [1.807, 2.05) is 17.0 Å². The molecule has 3 heterocycles. The molecule has 0 fully saturated rings. The van der Waals surface area contributed by atoms with Crippen LogP contribution in [0.15, 0.2) is 40.4 Å². The van der Waals surface area contributed by atoms with Crippen LogP contribution >= 0.6 is 0 Å². The summed E-state index contributed by atoms with van der Waals surface area (Å²) in [7, 11) is 1.76. The summed E-state index contributed by atoms with van der Waals surface area (Å²) in [6.45, 7) is 1.67. The van der Waals surface area contributed by atoms with E-state index in [4.69, 9.17) is 0 Å². The average Bonchev–Trinajstić information content (AvgIpc) is 2.66. The molecule has 1 aromatic heterocycles. The molecule has 0 saturated carbocycles. The number of fused-ring (bicyclic) bond motifs is 3. The van der Waals surface area contributed by atoms with Gasteiger partial charge in [0.25, 0.3) is 0 Å². The predicted molar refractivity (Wildman–Crippen MR) is 94.3 cm³/mol. The Morgan fingerprint density at radius 1 is 1.36 bits per heavy atom. The largest absolute Gasteiger partial charge is 0.328 e. The molecule has 2 aliphatic rings. The van der Waals surface area contributed by atoms with Gasteiger partial charge in [0.05, 0.1) is 23.9 Å². The number of anilines is 2. The monoisotopic (exact) mass is 334 g/mol. The van der Waals surface area contributed by atoms with E-state index in [9.17, 15) is 9.65 Å². The quantitative estimate of drug-likeness (QED) is 0.847. The van der Waals surface area contributed by atoms with Crippen molar-refractivity contribution in [3.05, 3.63) is 47.4 Å². The molecule has 0 atom stereocenters. The van der Waals surface area contributed by atoms with E-state index < -0.39 is 5.82 Å². The van der Waals surface area contributed by atoms with Crippen LogP contribution in [0.4, 0.5) is 21.6 Å². The van der Waals surface area contributed by atoms with E-state index in [-0.39, 0.29) is 5.56 Å². The third-order valence-electron chi connectivity index (χ3n) is 4.34. The topological polar surface area (TPSA) is 67.9 Å². The highest BCUT2D eigenvalue weighted by molar-refractivity contribution is 6.11. The van der Waals surface area contributed by atoms with E-state index in [1.165, 1.54) is 6.07 Å². The van der Waals surface area contributed by atoms with Gasteiger partial charge >= 0.3 is 0 Å². The van der Waals surface area contributed by atoms with Crippen molar-refractivity contribution in [2.24, 2.45) is 9.98 Å². The summed E-state index contributed by atoms with van der Waals surface area (Å²) in [5.74, 6) is 0.941. The lowest BCUT2D eigenvalue weighted by molar-refractivity contribution is 0.558. The molecule has 1 aromatic carbocycles. The predicted octanol–water partition coefficient (Wildman–Crippen LogP) is 2.99. The van der Waals surface area contributed by atoms with Crippen molar-refractivity contribution in [2.75, 3.05) is 25.0 Å². The summed E-state index contributed by atoms with van der Waals surface area (Å²) in [6.07, 6.45) is 4.46. The van der Waals surface area contributed by atoms with Crippen molar-refractivity contribution in [1.29, 1.82) is 5.26 Å². The maximum absolute atomic E-state index is 13.9. The van der Waals surface area contributed by atoms with Gasteiger partial charge in [0.1, 0.15) is 29.1 Å². The summed E-state index contributed by atoms with van der Waals surface area (Å²) in [5.41, 5.74) is 2.12. The number of halogens is 1. The highest BCUT2D eigenvalue weighted by Gasteiger charge is 2.24. The number of hydrogen-bond donors (Lipinski definition) is 0. The minimum Gasteiger partial charge on any atom is -0.328 e. The average molecular weight is 334 g/mol. The van der Waals surface area contributed by atoms with Gasteiger partial charge in [0.15, 0.2) is 0 Å². The number of hydrogen-bond acceptors (Lipinski definition) is 6. The fourth-order valence-electron chi connectivity index (χ4n) is 3.04. The SMILES string of the molecule is CN(c1cc2c(cn1)N=CN1CCCN=C21)c1cccc(F)c1C#N. The first-order valence-corrected chi connectivity index (χ1v) is 7.97. The first-order chi connectivity index (χ1) is 12.2. The summed E-state index contributed by atoms with van der Waals surface area (Å²) in [6, 6.07) is 8.36. The lowest BCUT2D eigenvalue weighted by Gasteiger charge is -2.29. The normalized spacial score (nSPS) is 15.1. The van der Waals surface area contributed by atoms with E-state index in [2.05, 4.69) is 15.0 Å². The number of nitriles is 1. The van der Waals surface area contributed by atoms with Gasteiger partial charge in [-0.3, -0.25) is 4.99 Å². The third-order valence-corrected chi connectivity index (χ3v) is 4.34. The van der Waals surface area contributed by atoms with Crippen LogP contribution in [-0.2, 0) is 0 Å². The lowest BCUT2D eigenvalue weighted by atomic mass is 10.1. The molecule has 0 bridgehead atoms. The molecule has 0 saturated heterocycles. The van der Waals surface area contributed by atoms with Gasteiger partial charge in [-0.2, -0.15) is 5.26 Å². The van der Waals surface area contributed by atoms with Crippen LogP contribution in [0.5, 0.6) is 0 Å². The highest BCUT2D eigenvalue weighted by atomic mass is 19.1. The van der Waals surface area contributed by atoms with Gasteiger partial charge in [-0.25, -0.2) is 14.4 Å². The molecule has 0 N–H and O–H groups in total. The van der Waals surface area contributed by atoms with Crippen LogP contribution in [0.2, 0.25) is 0 Å². The molecule has 4 rings (SSSR count). The second-order valence-corrected chi connectivity index (χ2v) is 5.86. The van der Waals surface area contributed by atoms with Crippen LogP contribution in [0.1, 0.15) is 17.5 Å². The van der Waals surface area contributed by atoms with Gasteiger partial charge in [-0.05, 0) is 24.6 Å². The van der Waals surface area contributed by atoms with Crippen LogP contribution < -0.4 is 4.90 Å². The number of nitrogens with zero attached hydrogens (tertiary/aromatic N) is 6. The second-order valence-electron chi connectivity index (χ2n) is 5.86. The minimum absolute atomic E-state index is 0.000764. The Balaban J connectivity index is 1.79. The Labute approximate surface area is 144 Å². The zero-order valence-electron chi connectivity index (χ0n) is 13.6. The Morgan fingerprint density at radius 3 is 3.08 bits per heavy atom. The number of aliphatic imine (C=N–C) groups is 2. The summed E-state index contributed by atoms with van der Waals surface area (Å²) >= 11 is 0. The zero-order valence-corrected chi connectivity index (χ0v) is 13.6. The lowest BCUT2D eigenvalue weighted by Crippen LogP contribution is -2.37. The Morgan fingerprint density at radius 2 is 2.24 bits per heavy atom. The van der Waals surface area contributed by atoms with Gasteiger partial charge in [0, 0.05) is 25.7 Å². The Hall–Kier alpha value is -3.27. The zero-order chi connectivity index (χ0) is 17.4. The van der Waals surface area contributed by atoms with Crippen LogP contribution in [0.25, 0.3) is 0 Å². The summed E-state index contributed by atoms with van der Waals surface area (Å²) in [4.78, 5) is 17.2. The number of benzene rings is 1. The van der Waals surface area contributed by atoms with Gasteiger partial charge < -0.3 is 9.80 Å². The molecule has 124 valence electrons. The van der Waals surface area contributed by atoms with Crippen molar-refractivity contribution < 1.29 is 4.39 Å². The fraction of sp³-hybridized carbons (Fsp3) is 0.222. The van der Waals surface area contributed by atoms with E-state index >= 15 is 0 Å². The third kappa shape index (κ3) is 2.52. The van der Waals surface area contributed by atoms with Crippen molar-refractivity contribution in [3.63, 3.8) is 0 Å². The van der Waals surface area contributed by atoms with Gasteiger partial charge in [-0.1, -0.05) is 6.07 Å². The highest BCUT2D eigenvalue weighted by Crippen LogP contribution is 2.32. The first kappa shape index (κ1) is 15.3. The Bertz CT molecular complexity index is 943. The van der Waals surface area contributed by atoms with Crippen molar-refractivity contribution in [3.8, 4) is 6.07 Å². The van der Waals surface area contributed by atoms with E-state index in [1.54, 1.807) is 36.6 Å². The Kier molecular flexibility index (Phi) is 3.65. The molecular weight excluding hydrogens is 319 g/mol. The fourth-order valence-corrected chi connectivity index (χ4v) is 3.04. The molecule has 7 heteroatoms. The maximum Gasteiger partial charge on any atom is 0.143 e. The van der Waals surface area contributed by atoms with Crippen LogP contribution in [-0.4, -0.2) is 42.2 Å². The summed E-state index contributed by atoms with van der Waals surface area (Å²) < 4.78 is 13.9. The molecule has 2 aliphatic heterocycles. The van der Waals surface area contributed by atoms with Crippen LogP contribution in [0, 0.1) is 17.1 Å². The smallest absolute Gasteiger partial charge is 0.143 e. The molecule has 0 amide bonds. The molecule has 25 heavy (non-hydrogen) atoms. The van der Waals surface area contributed by atoms with Crippen molar-refractivity contribution in [2.45, 2.75) is 6.42 Å². The molecule has 0 unspecified atom stereocenters. The molecule has 2 aromatic rings. The number of rotatable bonds is 2. The number of pyridine rings is 1. The van der Waals surface area contributed by atoms with Gasteiger partial charge in [0.2, 0.25) is 0 Å². The standard InChI is InChI=1S/C18H15FN6/c1-24(16-5-2-4-14(19)13(16)9-20)17-8-12-15(10-22-17)23-11-25-7-3-6-21-18(12)25/h2,4-5,8,10-11H,3,6-7H2,1H3. The van der Waals surface area contributed by atoms with Crippen LogP contribution in [0.3, 0.4) is 0 Å². The van der Waals surface area contributed by atoms with Gasteiger partial charge in [-0.15, -0.1) is 0 Å². The number of aromatic nitrogens is 1. The molecule has 6 nitrogen and oxygen atoms in total. The molecule has 0 aliphatic carbocycles. The maximum atomic E-state index is 13.9. The molecule has 0 spiro atoms. The summed E-state index contributed by atoms with van der Waals surface area (Å²) in [5, 5.41) is 9.26. The first-order valence-electron chi connectivity index (χ1n) is 7.97. The second kappa shape index (κ2) is 5.98. The van der Waals surface area contributed by atoms with Crippen molar-refractivity contribution >= 4 is 29.4 Å². The minimum atomic E-state index is -0.544. The van der Waals surface area contributed by atoms with E-state index in [0.717, 1.165) is 36.6 Å². The van der Waals surface area contributed by atoms with Crippen molar-refractivity contribution in [1.82, 2.24) is 9.88 Å². The number of amidine groups is 1.